The van der Waals surface area contributed by atoms with Crippen LogP contribution in [0.2, 0.25) is 0 Å². The summed E-state index contributed by atoms with van der Waals surface area (Å²) in [7, 11) is 0. The summed E-state index contributed by atoms with van der Waals surface area (Å²) >= 11 is 0. The minimum Gasteiger partial charge on any atom is -0.460 e. The van der Waals surface area contributed by atoms with E-state index in [0.717, 1.165) is 12.2 Å². The van der Waals surface area contributed by atoms with Crippen molar-refractivity contribution in [3.63, 3.8) is 0 Å². The highest BCUT2D eigenvalue weighted by Gasteiger charge is 2.17. The van der Waals surface area contributed by atoms with Crippen LogP contribution in [0.5, 0.6) is 0 Å². The molecule has 0 radical (unpaired) electrons. The van der Waals surface area contributed by atoms with Gasteiger partial charge in [-0.25, -0.2) is 9.59 Å². The van der Waals surface area contributed by atoms with E-state index in [1.807, 2.05) is 0 Å². The van der Waals surface area contributed by atoms with Crippen molar-refractivity contribution in [2.75, 3.05) is 0 Å². The van der Waals surface area contributed by atoms with Crippen molar-refractivity contribution in [3.05, 3.63) is 24.3 Å². The molecule has 0 saturated carbocycles. The molecule has 4 atom stereocenters. The Balaban J connectivity index is 2.79. The van der Waals surface area contributed by atoms with Crippen LogP contribution in [0.1, 0.15) is 26.7 Å². The number of aliphatic hydroxyl groups is 2. The van der Waals surface area contributed by atoms with Crippen LogP contribution in [-0.4, -0.2) is 46.6 Å². The molecule has 1 heterocycles. The molecule has 0 fully saturated rings. The van der Waals surface area contributed by atoms with E-state index in [0.29, 0.717) is 12.8 Å². The van der Waals surface area contributed by atoms with E-state index in [2.05, 4.69) is 0 Å². The molecule has 0 bridgehead atoms. The van der Waals surface area contributed by atoms with Crippen LogP contribution >= 0.6 is 0 Å². The molecule has 0 unspecified atom stereocenters. The average molecular weight is 284 g/mol. The molecule has 0 aromatic heterocycles. The molecule has 0 amide bonds. The monoisotopic (exact) mass is 284 g/mol. The van der Waals surface area contributed by atoms with Crippen LogP contribution in [0.3, 0.4) is 0 Å². The van der Waals surface area contributed by atoms with Crippen molar-refractivity contribution in [2.24, 2.45) is 0 Å². The molecule has 0 saturated heterocycles. The van der Waals surface area contributed by atoms with Crippen molar-refractivity contribution in [1.82, 2.24) is 0 Å². The first-order chi connectivity index (χ1) is 9.38. The van der Waals surface area contributed by atoms with Gasteiger partial charge in [0.05, 0.1) is 12.2 Å². The summed E-state index contributed by atoms with van der Waals surface area (Å²) in [6.07, 6.45) is 2.48. The lowest BCUT2D eigenvalue weighted by molar-refractivity contribution is -0.146. The molecule has 1 aliphatic heterocycles. The number of hydrogen-bond acceptors (Lipinski definition) is 6. The van der Waals surface area contributed by atoms with Gasteiger partial charge in [0.15, 0.2) is 0 Å². The predicted octanol–water partition coefficient (Wildman–Crippen LogP) is 0.478. The van der Waals surface area contributed by atoms with Crippen LogP contribution in [0.25, 0.3) is 0 Å². The van der Waals surface area contributed by atoms with Gasteiger partial charge >= 0.3 is 11.9 Å². The van der Waals surface area contributed by atoms with Crippen LogP contribution in [0.4, 0.5) is 0 Å². The largest absolute Gasteiger partial charge is 0.460 e. The SMILES string of the molecule is C[C@@H]1CC[C@H](O)/C=C/C(=O)O[C@H](C)[C@@H](O)/C=C/C(=O)O1. The Morgan fingerprint density at radius 3 is 2.30 bits per heavy atom. The predicted molar refractivity (Wildman–Crippen MR) is 70.6 cm³/mol. The molecule has 6 heteroatoms. The highest BCUT2D eigenvalue weighted by molar-refractivity contribution is 5.83. The summed E-state index contributed by atoms with van der Waals surface area (Å²) in [6.45, 7) is 3.21. The molecule has 20 heavy (non-hydrogen) atoms. The highest BCUT2D eigenvalue weighted by Crippen LogP contribution is 2.09. The molecule has 0 aromatic rings. The van der Waals surface area contributed by atoms with Crippen molar-refractivity contribution in [2.45, 2.75) is 51.1 Å². The Labute approximate surface area is 117 Å². The minimum absolute atomic E-state index is 0.361. The summed E-state index contributed by atoms with van der Waals surface area (Å²) in [5, 5.41) is 19.3. The molecule has 0 aromatic carbocycles. The van der Waals surface area contributed by atoms with Crippen LogP contribution < -0.4 is 0 Å². The van der Waals surface area contributed by atoms with Gasteiger partial charge < -0.3 is 19.7 Å². The fraction of sp³-hybridized carbons (Fsp3) is 0.571. The number of rotatable bonds is 0. The lowest BCUT2D eigenvalue weighted by atomic mass is 10.1. The number of hydrogen-bond donors (Lipinski definition) is 2. The number of esters is 2. The minimum atomic E-state index is -1.11. The second kappa shape index (κ2) is 7.81. The zero-order chi connectivity index (χ0) is 15.1. The zero-order valence-corrected chi connectivity index (χ0v) is 11.6. The summed E-state index contributed by atoms with van der Waals surface area (Å²) < 4.78 is 9.99. The van der Waals surface area contributed by atoms with Gasteiger partial charge in [-0.3, -0.25) is 0 Å². The van der Waals surface area contributed by atoms with Gasteiger partial charge in [0.25, 0.3) is 0 Å². The topological polar surface area (TPSA) is 93.1 Å². The van der Waals surface area contributed by atoms with Crippen LogP contribution in [0.15, 0.2) is 24.3 Å². The number of ether oxygens (including phenoxy) is 2. The van der Waals surface area contributed by atoms with Gasteiger partial charge in [0, 0.05) is 12.2 Å². The van der Waals surface area contributed by atoms with Crippen molar-refractivity contribution >= 4 is 11.9 Å². The van der Waals surface area contributed by atoms with E-state index in [-0.39, 0.29) is 6.10 Å². The number of carbonyl (C=O) groups is 2. The third-order valence-corrected chi connectivity index (χ3v) is 2.85. The molecular weight excluding hydrogens is 264 g/mol. The molecule has 2 N–H and O–H groups in total. The van der Waals surface area contributed by atoms with Crippen molar-refractivity contribution < 1.29 is 29.3 Å². The fourth-order valence-electron chi connectivity index (χ4n) is 1.61. The molecule has 1 rings (SSSR count). The normalized spacial score (nSPS) is 36.4. The molecule has 1 aliphatic rings. The smallest absolute Gasteiger partial charge is 0.330 e. The number of cyclic esters (lactones) is 2. The van der Waals surface area contributed by atoms with Gasteiger partial charge in [0.1, 0.15) is 12.2 Å². The average Bonchev–Trinajstić information content (AvgIpc) is 2.39. The first kappa shape index (κ1) is 16.4. The van der Waals surface area contributed by atoms with Gasteiger partial charge in [0.2, 0.25) is 0 Å². The third kappa shape index (κ3) is 5.99. The number of aliphatic hydroxyl groups excluding tert-OH is 2. The zero-order valence-electron chi connectivity index (χ0n) is 11.6. The van der Waals surface area contributed by atoms with Crippen LogP contribution in [0, 0.1) is 0 Å². The maximum Gasteiger partial charge on any atom is 0.330 e. The van der Waals surface area contributed by atoms with Gasteiger partial charge in [-0.05, 0) is 38.8 Å². The second-order valence-electron chi connectivity index (χ2n) is 4.74. The Bertz CT molecular complexity index is 400. The van der Waals surface area contributed by atoms with Crippen LogP contribution in [-0.2, 0) is 19.1 Å². The van der Waals surface area contributed by atoms with E-state index in [1.54, 1.807) is 6.92 Å². The van der Waals surface area contributed by atoms with Gasteiger partial charge in [-0.2, -0.15) is 0 Å². The third-order valence-electron chi connectivity index (χ3n) is 2.85. The van der Waals surface area contributed by atoms with E-state index in [9.17, 15) is 19.8 Å². The molecule has 0 spiro atoms. The summed E-state index contributed by atoms with van der Waals surface area (Å²) in [4.78, 5) is 22.9. The summed E-state index contributed by atoms with van der Waals surface area (Å²) in [6, 6.07) is 0. The number of carbonyl (C=O) groups excluding carboxylic acids is 2. The lowest BCUT2D eigenvalue weighted by Crippen LogP contribution is -2.27. The van der Waals surface area contributed by atoms with E-state index in [1.165, 1.54) is 19.1 Å². The van der Waals surface area contributed by atoms with Crippen molar-refractivity contribution in [3.8, 4) is 0 Å². The molecule has 112 valence electrons. The van der Waals surface area contributed by atoms with Crippen molar-refractivity contribution in [1.29, 1.82) is 0 Å². The molecule has 0 aliphatic carbocycles. The Kier molecular flexibility index (Phi) is 6.41. The Morgan fingerprint density at radius 2 is 1.60 bits per heavy atom. The first-order valence-electron chi connectivity index (χ1n) is 6.52. The van der Waals surface area contributed by atoms with E-state index >= 15 is 0 Å². The first-order valence-corrected chi connectivity index (χ1v) is 6.52. The molecular formula is C14H20O6. The van der Waals surface area contributed by atoms with Gasteiger partial charge in [-0.15, -0.1) is 0 Å². The maximum atomic E-state index is 11.5. The summed E-state index contributed by atoms with van der Waals surface area (Å²) in [5.74, 6) is -1.24. The second-order valence-corrected chi connectivity index (χ2v) is 4.74. The lowest BCUT2D eigenvalue weighted by Gasteiger charge is -2.17. The van der Waals surface area contributed by atoms with E-state index in [4.69, 9.17) is 9.47 Å². The Morgan fingerprint density at radius 1 is 1.00 bits per heavy atom. The summed E-state index contributed by atoms with van der Waals surface area (Å²) in [5.41, 5.74) is 0. The fourth-order valence-corrected chi connectivity index (χ4v) is 1.61. The van der Waals surface area contributed by atoms with E-state index < -0.39 is 30.3 Å². The standard InChI is InChI=1S/C14H20O6/c1-9-3-4-11(15)5-7-14(18)20-10(2)12(16)6-8-13(17)19-9/h5-12,15-16H,3-4H2,1-2H3/b7-5+,8-6+/t9-,10-,11+,12+/m1/s1. The highest BCUT2D eigenvalue weighted by atomic mass is 16.6. The Hall–Kier alpha value is -1.66. The quantitative estimate of drug-likeness (QED) is 0.628. The van der Waals surface area contributed by atoms with Gasteiger partial charge in [-0.1, -0.05) is 0 Å². The maximum absolute atomic E-state index is 11.5. The molecule has 6 nitrogen and oxygen atoms in total.